The number of benzene rings is 1. The molecule has 78 valence electrons. The molecule has 0 unspecified atom stereocenters. The van der Waals surface area contributed by atoms with E-state index in [0.717, 1.165) is 25.7 Å². The second kappa shape index (κ2) is 6.57. The number of hydrogen-bond donors (Lipinski definition) is 2. The summed E-state index contributed by atoms with van der Waals surface area (Å²) in [4.78, 5) is 0. The van der Waals surface area contributed by atoms with Crippen LogP contribution in [0.1, 0.15) is 24.0 Å². The molecule has 1 aromatic rings. The summed E-state index contributed by atoms with van der Waals surface area (Å²) in [7, 11) is 0. The fourth-order valence-corrected chi connectivity index (χ4v) is 1.58. The van der Waals surface area contributed by atoms with E-state index >= 15 is 0 Å². The van der Waals surface area contributed by atoms with Gasteiger partial charge in [0.25, 0.3) is 0 Å². The maximum Gasteiger partial charge on any atom is 0.0434 e. The summed E-state index contributed by atoms with van der Waals surface area (Å²) >= 11 is 0. The summed E-state index contributed by atoms with van der Waals surface area (Å²) in [5, 5.41) is 17.5. The minimum absolute atomic E-state index is 0.244. The van der Waals surface area contributed by atoms with E-state index in [4.69, 9.17) is 10.2 Å². The SMILES string of the molecule is OCCCc1ccccc1CCCO. The van der Waals surface area contributed by atoms with Crippen LogP contribution >= 0.6 is 0 Å². The first-order valence-electron chi connectivity index (χ1n) is 5.17. The number of hydrogen-bond acceptors (Lipinski definition) is 2. The average molecular weight is 194 g/mol. The quantitative estimate of drug-likeness (QED) is 0.721. The third-order valence-electron chi connectivity index (χ3n) is 2.33. The Bertz CT molecular complexity index is 231. The van der Waals surface area contributed by atoms with Gasteiger partial charge < -0.3 is 10.2 Å². The minimum Gasteiger partial charge on any atom is -0.396 e. The van der Waals surface area contributed by atoms with Gasteiger partial charge in [-0.25, -0.2) is 0 Å². The molecule has 2 nitrogen and oxygen atoms in total. The van der Waals surface area contributed by atoms with Crippen LogP contribution in [0.3, 0.4) is 0 Å². The average Bonchev–Trinajstić information content (AvgIpc) is 2.24. The van der Waals surface area contributed by atoms with Gasteiger partial charge in [0.05, 0.1) is 0 Å². The van der Waals surface area contributed by atoms with Gasteiger partial charge in [-0.1, -0.05) is 24.3 Å². The summed E-state index contributed by atoms with van der Waals surface area (Å²) in [5.74, 6) is 0. The second-order valence-corrected chi connectivity index (χ2v) is 3.42. The van der Waals surface area contributed by atoms with E-state index in [0.29, 0.717) is 0 Å². The molecule has 0 aromatic heterocycles. The van der Waals surface area contributed by atoms with Crippen molar-refractivity contribution in [1.29, 1.82) is 0 Å². The summed E-state index contributed by atoms with van der Waals surface area (Å²) in [6.45, 7) is 0.489. The molecule has 0 spiro atoms. The van der Waals surface area contributed by atoms with Crippen molar-refractivity contribution < 1.29 is 10.2 Å². The lowest BCUT2D eigenvalue weighted by Gasteiger charge is -2.07. The Balaban J connectivity index is 2.60. The summed E-state index contributed by atoms with van der Waals surface area (Å²) < 4.78 is 0. The molecule has 0 saturated heterocycles. The first-order chi connectivity index (χ1) is 6.88. The van der Waals surface area contributed by atoms with E-state index in [9.17, 15) is 0 Å². The van der Waals surface area contributed by atoms with Crippen LogP contribution in [0.4, 0.5) is 0 Å². The molecule has 0 fully saturated rings. The van der Waals surface area contributed by atoms with Crippen LogP contribution < -0.4 is 0 Å². The Kier molecular flexibility index (Phi) is 5.27. The fraction of sp³-hybridized carbons (Fsp3) is 0.500. The van der Waals surface area contributed by atoms with E-state index in [1.807, 2.05) is 12.1 Å². The van der Waals surface area contributed by atoms with E-state index in [1.54, 1.807) is 0 Å². The van der Waals surface area contributed by atoms with Crippen molar-refractivity contribution in [3.8, 4) is 0 Å². The molecule has 0 aliphatic rings. The van der Waals surface area contributed by atoms with Crippen LogP contribution in [-0.2, 0) is 12.8 Å². The summed E-state index contributed by atoms with van der Waals surface area (Å²) in [6.07, 6.45) is 3.49. The zero-order valence-corrected chi connectivity index (χ0v) is 8.45. The number of aryl methyl sites for hydroxylation is 2. The summed E-state index contributed by atoms with van der Waals surface area (Å²) in [5.41, 5.74) is 2.60. The minimum atomic E-state index is 0.244. The van der Waals surface area contributed by atoms with E-state index in [1.165, 1.54) is 11.1 Å². The van der Waals surface area contributed by atoms with Crippen molar-refractivity contribution in [3.05, 3.63) is 35.4 Å². The molecule has 0 aliphatic carbocycles. The first kappa shape index (κ1) is 11.2. The van der Waals surface area contributed by atoms with Crippen molar-refractivity contribution in [2.24, 2.45) is 0 Å². The molecule has 0 saturated carbocycles. The van der Waals surface area contributed by atoms with E-state index in [2.05, 4.69) is 12.1 Å². The second-order valence-electron chi connectivity index (χ2n) is 3.42. The zero-order chi connectivity index (χ0) is 10.2. The molecule has 1 aromatic carbocycles. The molecule has 0 aliphatic heterocycles. The van der Waals surface area contributed by atoms with Gasteiger partial charge in [0.15, 0.2) is 0 Å². The largest absolute Gasteiger partial charge is 0.396 e. The highest BCUT2D eigenvalue weighted by Gasteiger charge is 2.00. The van der Waals surface area contributed by atoms with Crippen molar-refractivity contribution in [3.63, 3.8) is 0 Å². The van der Waals surface area contributed by atoms with Gasteiger partial charge in [-0.15, -0.1) is 0 Å². The lowest BCUT2D eigenvalue weighted by atomic mass is 9.99. The van der Waals surface area contributed by atoms with Crippen LogP contribution in [0.25, 0.3) is 0 Å². The highest BCUT2D eigenvalue weighted by Crippen LogP contribution is 2.12. The highest BCUT2D eigenvalue weighted by atomic mass is 16.3. The predicted octanol–water partition coefficient (Wildman–Crippen LogP) is 1.54. The molecule has 0 heterocycles. The van der Waals surface area contributed by atoms with E-state index < -0.39 is 0 Å². The summed E-state index contributed by atoms with van der Waals surface area (Å²) in [6, 6.07) is 8.25. The van der Waals surface area contributed by atoms with Crippen LogP contribution in [0, 0.1) is 0 Å². The molecule has 0 amide bonds. The normalized spacial score (nSPS) is 10.4. The molecular weight excluding hydrogens is 176 g/mol. The van der Waals surface area contributed by atoms with Crippen molar-refractivity contribution in [1.82, 2.24) is 0 Å². The van der Waals surface area contributed by atoms with Gasteiger partial charge in [0.1, 0.15) is 0 Å². The van der Waals surface area contributed by atoms with Gasteiger partial charge in [-0.3, -0.25) is 0 Å². The Morgan fingerprint density at radius 1 is 0.786 bits per heavy atom. The topological polar surface area (TPSA) is 40.5 Å². The molecule has 2 heteroatoms. The van der Waals surface area contributed by atoms with Crippen molar-refractivity contribution >= 4 is 0 Å². The smallest absolute Gasteiger partial charge is 0.0434 e. The van der Waals surface area contributed by atoms with Gasteiger partial charge in [-0.2, -0.15) is 0 Å². The molecule has 2 N–H and O–H groups in total. The van der Waals surface area contributed by atoms with Crippen molar-refractivity contribution in [2.45, 2.75) is 25.7 Å². The van der Waals surface area contributed by atoms with Crippen LogP contribution in [0.5, 0.6) is 0 Å². The molecule has 0 atom stereocenters. The molecule has 14 heavy (non-hydrogen) atoms. The molecule has 0 radical (unpaired) electrons. The number of rotatable bonds is 6. The molecule has 1 rings (SSSR count). The lowest BCUT2D eigenvalue weighted by molar-refractivity contribution is 0.286. The first-order valence-corrected chi connectivity index (χ1v) is 5.17. The number of aliphatic hydroxyl groups excluding tert-OH is 2. The van der Waals surface area contributed by atoms with Crippen molar-refractivity contribution in [2.75, 3.05) is 13.2 Å². The monoisotopic (exact) mass is 194 g/mol. The lowest BCUT2D eigenvalue weighted by Crippen LogP contribution is -1.97. The maximum absolute atomic E-state index is 8.75. The molecule has 0 bridgehead atoms. The third kappa shape index (κ3) is 3.48. The highest BCUT2D eigenvalue weighted by molar-refractivity contribution is 5.27. The standard InChI is InChI=1S/C12H18O2/c13-9-3-7-11-5-1-2-6-12(11)8-4-10-14/h1-2,5-6,13-14H,3-4,7-10H2. The van der Waals surface area contributed by atoms with Gasteiger partial charge in [0.2, 0.25) is 0 Å². The van der Waals surface area contributed by atoms with Gasteiger partial charge >= 0.3 is 0 Å². The van der Waals surface area contributed by atoms with Crippen LogP contribution in [0.15, 0.2) is 24.3 Å². The maximum atomic E-state index is 8.75. The molecular formula is C12H18O2. The predicted molar refractivity (Wildman–Crippen MR) is 57.3 cm³/mol. The Morgan fingerprint density at radius 3 is 1.57 bits per heavy atom. The Morgan fingerprint density at radius 2 is 1.21 bits per heavy atom. The Labute approximate surface area is 85.2 Å². The third-order valence-corrected chi connectivity index (χ3v) is 2.33. The van der Waals surface area contributed by atoms with E-state index in [-0.39, 0.29) is 13.2 Å². The number of aliphatic hydroxyl groups is 2. The van der Waals surface area contributed by atoms with Crippen LogP contribution in [-0.4, -0.2) is 23.4 Å². The van der Waals surface area contributed by atoms with Gasteiger partial charge in [-0.05, 0) is 36.8 Å². The zero-order valence-electron chi connectivity index (χ0n) is 8.45. The Hall–Kier alpha value is -0.860. The van der Waals surface area contributed by atoms with Gasteiger partial charge in [0, 0.05) is 13.2 Å². The van der Waals surface area contributed by atoms with Crippen LogP contribution in [0.2, 0.25) is 0 Å². The fourth-order valence-electron chi connectivity index (χ4n) is 1.58.